The lowest BCUT2D eigenvalue weighted by Gasteiger charge is -2.10. The van der Waals surface area contributed by atoms with Crippen LogP contribution in [0.3, 0.4) is 0 Å². The smallest absolute Gasteiger partial charge is 0.0205 e. The number of allylic oxidation sites excluding steroid dienone is 1. The summed E-state index contributed by atoms with van der Waals surface area (Å²) in [5.41, 5.74) is 9.14. The molecule has 3 aromatic rings. The maximum absolute atomic E-state index is 3.83. The molecule has 1 nitrogen and oxygen atoms in total. The van der Waals surface area contributed by atoms with Crippen molar-refractivity contribution in [1.29, 1.82) is 0 Å². The highest BCUT2D eigenvalue weighted by Crippen LogP contribution is 2.23. The predicted molar refractivity (Wildman–Crippen MR) is 150 cm³/mol. The van der Waals surface area contributed by atoms with Crippen molar-refractivity contribution in [3.63, 3.8) is 0 Å². The highest BCUT2D eigenvalue weighted by molar-refractivity contribution is 5.65. The van der Waals surface area contributed by atoms with Gasteiger partial charge in [0.1, 0.15) is 0 Å². The van der Waals surface area contributed by atoms with Gasteiger partial charge in [0.15, 0.2) is 0 Å². The van der Waals surface area contributed by atoms with E-state index >= 15 is 0 Å². The number of hydrogen-bond acceptors (Lipinski definition) is 1. The first kappa shape index (κ1) is 28.4. The number of nitrogens with one attached hydrogen (secondary N) is 1. The second kappa shape index (κ2) is 16.0. The van der Waals surface area contributed by atoms with Crippen LogP contribution < -0.4 is 5.32 Å². The van der Waals surface area contributed by atoms with Crippen LogP contribution in [0.4, 0.5) is 0 Å². The Morgan fingerprint density at radius 3 is 2.00 bits per heavy atom. The maximum atomic E-state index is 3.83. The Morgan fingerprint density at radius 2 is 1.48 bits per heavy atom. The first-order valence-corrected chi connectivity index (χ1v) is 12.4. The van der Waals surface area contributed by atoms with E-state index in [4.69, 9.17) is 0 Å². The van der Waals surface area contributed by atoms with E-state index in [2.05, 4.69) is 87.3 Å². The molecule has 0 radical (unpaired) electrons. The molecule has 0 aliphatic rings. The monoisotopic (exact) mass is 443 g/mol. The Hall–Kier alpha value is -2.64. The van der Waals surface area contributed by atoms with E-state index in [-0.39, 0.29) is 0 Å². The fourth-order valence-electron chi connectivity index (χ4n) is 3.53. The summed E-state index contributed by atoms with van der Waals surface area (Å²) in [6.07, 6.45) is 3.79. The molecule has 0 aromatic heterocycles. The molecular formula is C32H45N. The first-order valence-electron chi connectivity index (χ1n) is 12.4. The van der Waals surface area contributed by atoms with E-state index in [1.165, 1.54) is 52.6 Å². The number of aryl methyl sites for hydroxylation is 2. The van der Waals surface area contributed by atoms with Gasteiger partial charge in [-0.2, -0.15) is 0 Å². The average molecular weight is 444 g/mol. The summed E-state index contributed by atoms with van der Waals surface area (Å²) < 4.78 is 0. The molecule has 0 saturated heterocycles. The fourth-order valence-corrected chi connectivity index (χ4v) is 3.53. The van der Waals surface area contributed by atoms with Gasteiger partial charge < -0.3 is 5.32 Å². The summed E-state index contributed by atoms with van der Waals surface area (Å²) in [7, 11) is 2.00. The molecule has 0 amide bonds. The fraction of sp³-hybridized carbons (Fsp3) is 0.375. The number of rotatable bonds is 8. The van der Waals surface area contributed by atoms with Crippen molar-refractivity contribution >= 4 is 5.57 Å². The highest BCUT2D eigenvalue weighted by atomic mass is 14.8. The molecular weight excluding hydrogens is 398 g/mol. The van der Waals surface area contributed by atoms with Crippen LogP contribution in [0.15, 0.2) is 79.4 Å². The third-order valence-electron chi connectivity index (χ3n) is 5.52. The predicted octanol–water partition coefficient (Wildman–Crippen LogP) is 9.11. The lowest BCUT2D eigenvalue weighted by atomic mass is 9.97. The third-order valence-corrected chi connectivity index (χ3v) is 5.52. The van der Waals surface area contributed by atoms with Gasteiger partial charge in [0, 0.05) is 6.54 Å². The standard InChI is InChI=1S/C21H29N.C9H10.C2H6/c1-16(2)6-5-7-18-9-12-19(13-10-18)20-11-8-17(3)21(14-20)15-22-4;1-8(2)9-6-4-3-5-7-9;1-2/h8-14,16,22H,5-7,15H2,1-4H3;3-7H,1H2,2H3;1-2H3. The lowest BCUT2D eigenvalue weighted by molar-refractivity contribution is 0.556. The van der Waals surface area contributed by atoms with E-state index in [1.807, 2.05) is 46.0 Å². The van der Waals surface area contributed by atoms with Gasteiger partial charge in [0.25, 0.3) is 0 Å². The molecule has 0 aliphatic heterocycles. The van der Waals surface area contributed by atoms with Crippen molar-refractivity contribution in [2.45, 2.75) is 67.3 Å². The van der Waals surface area contributed by atoms with Crippen molar-refractivity contribution in [3.8, 4) is 11.1 Å². The molecule has 3 rings (SSSR count). The molecule has 0 fully saturated rings. The van der Waals surface area contributed by atoms with Crippen molar-refractivity contribution in [3.05, 3.63) is 102 Å². The largest absolute Gasteiger partial charge is 0.316 e. The maximum Gasteiger partial charge on any atom is 0.0205 e. The van der Waals surface area contributed by atoms with E-state index < -0.39 is 0 Å². The minimum absolute atomic E-state index is 0.803. The zero-order valence-corrected chi connectivity index (χ0v) is 22.0. The van der Waals surface area contributed by atoms with Gasteiger partial charge in [-0.1, -0.05) is 113 Å². The molecule has 0 unspecified atom stereocenters. The summed E-state index contributed by atoms with van der Waals surface area (Å²) in [6.45, 7) is 17.5. The van der Waals surface area contributed by atoms with Gasteiger partial charge in [-0.15, -0.1) is 0 Å². The topological polar surface area (TPSA) is 12.0 Å². The van der Waals surface area contributed by atoms with Gasteiger partial charge in [-0.25, -0.2) is 0 Å². The summed E-state index contributed by atoms with van der Waals surface area (Å²) in [5, 5.41) is 3.24. The molecule has 1 heteroatoms. The van der Waals surface area contributed by atoms with Crippen molar-refractivity contribution in [2.24, 2.45) is 5.92 Å². The minimum atomic E-state index is 0.803. The zero-order valence-electron chi connectivity index (χ0n) is 22.0. The highest BCUT2D eigenvalue weighted by Gasteiger charge is 2.03. The molecule has 0 bridgehead atoms. The zero-order chi connectivity index (χ0) is 24.6. The summed E-state index contributed by atoms with van der Waals surface area (Å²) in [4.78, 5) is 0. The molecule has 0 spiro atoms. The van der Waals surface area contributed by atoms with Crippen molar-refractivity contribution in [2.75, 3.05) is 7.05 Å². The number of hydrogen-bond donors (Lipinski definition) is 1. The van der Waals surface area contributed by atoms with Crippen LogP contribution >= 0.6 is 0 Å². The van der Waals surface area contributed by atoms with Crippen LogP contribution in [0, 0.1) is 12.8 Å². The third kappa shape index (κ3) is 10.7. The Labute approximate surface area is 204 Å². The van der Waals surface area contributed by atoms with Gasteiger partial charge in [0.05, 0.1) is 0 Å². The Kier molecular flexibility index (Phi) is 13.8. The van der Waals surface area contributed by atoms with Crippen LogP contribution in [-0.2, 0) is 13.0 Å². The van der Waals surface area contributed by atoms with Gasteiger partial charge >= 0.3 is 0 Å². The van der Waals surface area contributed by atoms with E-state index in [0.29, 0.717) is 0 Å². The van der Waals surface area contributed by atoms with Crippen LogP contribution in [-0.4, -0.2) is 7.05 Å². The molecule has 3 aromatic carbocycles. The van der Waals surface area contributed by atoms with Crippen molar-refractivity contribution < 1.29 is 0 Å². The Balaban J connectivity index is 0.000000412. The second-order valence-corrected chi connectivity index (χ2v) is 8.80. The lowest BCUT2D eigenvalue weighted by Crippen LogP contribution is -2.06. The van der Waals surface area contributed by atoms with Crippen LogP contribution in [0.25, 0.3) is 16.7 Å². The van der Waals surface area contributed by atoms with Gasteiger partial charge in [-0.05, 0) is 79.1 Å². The minimum Gasteiger partial charge on any atom is -0.316 e. The molecule has 1 N–H and O–H groups in total. The van der Waals surface area contributed by atoms with Crippen LogP contribution in [0.5, 0.6) is 0 Å². The van der Waals surface area contributed by atoms with Gasteiger partial charge in [0.2, 0.25) is 0 Å². The number of benzene rings is 3. The Morgan fingerprint density at radius 1 is 0.879 bits per heavy atom. The first-order chi connectivity index (χ1) is 15.9. The SMILES string of the molecule is C=C(C)c1ccccc1.CC.CNCc1cc(-c2ccc(CCCC(C)C)cc2)ccc1C. The molecule has 33 heavy (non-hydrogen) atoms. The molecule has 0 atom stereocenters. The summed E-state index contributed by atoms with van der Waals surface area (Å²) in [5.74, 6) is 0.803. The molecule has 0 heterocycles. The quantitative estimate of drug-likeness (QED) is 0.366. The molecule has 0 aliphatic carbocycles. The summed E-state index contributed by atoms with van der Waals surface area (Å²) >= 11 is 0. The van der Waals surface area contributed by atoms with E-state index in [9.17, 15) is 0 Å². The van der Waals surface area contributed by atoms with E-state index in [1.54, 1.807) is 0 Å². The molecule has 178 valence electrons. The summed E-state index contributed by atoms with van der Waals surface area (Å²) in [6, 6.07) is 26.0. The van der Waals surface area contributed by atoms with Crippen molar-refractivity contribution in [1.82, 2.24) is 5.32 Å². The van der Waals surface area contributed by atoms with Gasteiger partial charge in [-0.3, -0.25) is 0 Å². The normalized spacial score (nSPS) is 10.1. The van der Waals surface area contributed by atoms with Crippen LogP contribution in [0.2, 0.25) is 0 Å². The Bertz CT molecular complexity index is 920. The molecule has 0 saturated carbocycles. The second-order valence-electron chi connectivity index (χ2n) is 8.80. The van der Waals surface area contributed by atoms with E-state index in [0.717, 1.165) is 18.0 Å². The van der Waals surface area contributed by atoms with Crippen LogP contribution in [0.1, 0.15) is 69.7 Å². The average Bonchev–Trinajstić information content (AvgIpc) is 2.83.